The van der Waals surface area contributed by atoms with Crippen molar-refractivity contribution >= 4 is 0 Å². The van der Waals surface area contributed by atoms with Gasteiger partial charge in [0.25, 0.3) is 0 Å². The van der Waals surface area contributed by atoms with E-state index in [1.165, 1.54) is 0 Å². The maximum absolute atomic E-state index is 12.2. The van der Waals surface area contributed by atoms with Crippen LogP contribution in [0.1, 0.15) is 5.56 Å². The zero-order valence-corrected chi connectivity index (χ0v) is 6.61. The Balaban J connectivity index is 3.04. The van der Waals surface area contributed by atoms with Gasteiger partial charge in [0.1, 0.15) is 5.75 Å². The summed E-state index contributed by atoms with van der Waals surface area (Å²) in [6.07, 6.45) is -4.71. The molecule has 77 valence electrons. The molecule has 1 radical (unpaired) electrons. The van der Waals surface area contributed by atoms with Gasteiger partial charge in [-0.1, -0.05) is 6.07 Å². The quantitative estimate of drug-likeness (QED) is 0.683. The second-order valence-corrected chi connectivity index (χ2v) is 2.30. The number of alkyl halides is 5. The third-order valence-corrected chi connectivity index (χ3v) is 1.35. The Morgan fingerprint density at radius 3 is 2.43 bits per heavy atom. The van der Waals surface area contributed by atoms with Crippen LogP contribution in [0.15, 0.2) is 18.2 Å². The van der Waals surface area contributed by atoms with E-state index in [4.69, 9.17) is 0 Å². The molecule has 0 fully saturated rings. The lowest BCUT2D eigenvalue weighted by molar-refractivity contribution is -0.141. The largest absolute Gasteiger partial charge is 0.434 e. The second kappa shape index (κ2) is 3.81. The fourth-order valence-corrected chi connectivity index (χ4v) is 0.843. The first-order chi connectivity index (χ1) is 6.41. The highest BCUT2D eigenvalue weighted by atomic mass is 19.4. The van der Waals surface area contributed by atoms with E-state index < -0.39 is 24.1 Å². The lowest BCUT2D eigenvalue weighted by atomic mass is 10.2. The summed E-state index contributed by atoms with van der Waals surface area (Å²) in [6.45, 7) is -3.29. The van der Waals surface area contributed by atoms with Crippen molar-refractivity contribution in [2.75, 3.05) is 0 Å². The van der Waals surface area contributed by atoms with Gasteiger partial charge in [-0.25, -0.2) is 0 Å². The van der Waals surface area contributed by atoms with Crippen LogP contribution in [0, 0.1) is 6.07 Å². The molecule has 0 N–H and O–H groups in total. The van der Waals surface area contributed by atoms with Crippen molar-refractivity contribution in [1.82, 2.24) is 0 Å². The highest BCUT2D eigenvalue weighted by molar-refractivity contribution is 5.34. The molecule has 0 aliphatic heterocycles. The number of ether oxygens (including phenoxy) is 1. The Morgan fingerprint density at radius 1 is 1.29 bits per heavy atom. The minimum Gasteiger partial charge on any atom is -0.434 e. The average Bonchev–Trinajstić information content (AvgIpc) is 2.01. The number of halogens is 5. The maximum Gasteiger partial charge on any atom is 0.419 e. The Bertz CT molecular complexity index is 307. The fourth-order valence-electron chi connectivity index (χ4n) is 0.843. The lowest BCUT2D eigenvalue weighted by Crippen LogP contribution is -2.11. The summed E-state index contributed by atoms with van der Waals surface area (Å²) in [5, 5.41) is 0. The van der Waals surface area contributed by atoms with Gasteiger partial charge in [0.2, 0.25) is 0 Å². The lowest BCUT2D eigenvalue weighted by Gasteiger charge is -2.12. The third-order valence-electron chi connectivity index (χ3n) is 1.35. The molecule has 1 nitrogen and oxygen atoms in total. The van der Waals surface area contributed by atoms with Crippen molar-refractivity contribution in [2.45, 2.75) is 12.8 Å². The second-order valence-electron chi connectivity index (χ2n) is 2.30. The molecule has 6 heteroatoms. The molecule has 1 rings (SSSR count). The average molecular weight is 211 g/mol. The highest BCUT2D eigenvalue weighted by Crippen LogP contribution is 2.36. The van der Waals surface area contributed by atoms with Crippen molar-refractivity contribution in [1.29, 1.82) is 0 Å². The zero-order chi connectivity index (χ0) is 10.8. The van der Waals surface area contributed by atoms with Crippen LogP contribution in [0.2, 0.25) is 0 Å². The Hall–Kier alpha value is -1.33. The predicted molar refractivity (Wildman–Crippen MR) is 36.9 cm³/mol. The SMILES string of the molecule is FC(F)Oc1c[c]ccc1C(F)(F)F. The summed E-state index contributed by atoms with van der Waals surface area (Å²) < 4.78 is 63.5. The Morgan fingerprint density at radius 2 is 1.93 bits per heavy atom. The van der Waals surface area contributed by atoms with E-state index >= 15 is 0 Å². The van der Waals surface area contributed by atoms with Crippen LogP contribution >= 0.6 is 0 Å². The fraction of sp³-hybridized carbons (Fsp3) is 0.250. The summed E-state index contributed by atoms with van der Waals surface area (Å²) in [4.78, 5) is 0. The summed E-state index contributed by atoms with van der Waals surface area (Å²) in [5.74, 6) is -0.921. The normalized spacial score (nSPS) is 11.9. The van der Waals surface area contributed by atoms with Crippen molar-refractivity contribution in [3.05, 3.63) is 29.8 Å². The molecule has 0 unspecified atom stereocenters. The molecule has 14 heavy (non-hydrogen) atoms. The van der Waals surface area contributed by atoms with Gasteiger partial charge in [-0.15, -0.1) is 0 Å². The molecule has 0 aliphatic carbocycles. The van der Waals surface area contributed by atoms with Crippen LogP contribution in [0.25, 0.3) is 0 Å². The van der Waals surface area contributed by atoms with Gasteiger partial charge < -0.3 is 4.74 Å². The zero-order valence-electron chi connectivity index (χ0n) is 6.61. The minimum atomic E-state index is -4.71. The topological polar surface area (TPSA) is 9.23 Å². The minimum absolute atomic E-state index is 0.623. The van der Waals surface area contributed by atoms with Gasteiger partial charge >= 0.3 is 12.8 Å². The van der Waals surface area contributed by atoms with Gasteiger partial charge in [0.15, 0.2) is 0 Å². The molecule has 0 amide bonds. The molecule has 1 aromatic carbocycles. The summed E-state index contributed by atoms with van der Waals surface area (Å²) in [7, 11) is 0. The Labute approximate surface area is 76.1 Å². The van der Waals surface area contributed by atoms with Crippen molar-refractivity contribution in [3.8, 4) is 5.75 Å². The van der Waals surface area contributed by atoms with E-state index in [1.54, 1.807) is 0 Å². The van der Waals surface area contributed by atoms with Crippen molar-refractivity contribution < 1.29 is 26.7 Å². The van der Waals surface area contributed by atoms with Crippen LogP contribution in [-0.2, 0) is 6.18 Å². The van der Waals surface area contributed by atoms with Crippen LogP contribution in [0.3, 0.4) is 0 Å². The van der Waals surface area contributed by atoms with E-state index in [2.05, 4.69) is 10.8 Å². The third kappa shape index (κ3) is 2.58. The van der Waals surface area contributed by atoms with Gasteiger partial charge in [-0.3, -0.25) is 0 Å². The highest BCUT2D eigenvalue weighted by Gasteiger charge is 2.34. The van der Waals surface area contributed by atoms with Gasteiger partial charge in [0.05, 0.1) is 5.56 Å². The smallest absolute Gasteiger partial charge is 0.419 e. The standard InChI is InChI=1S/C8H4F5O/c9-7(10)14-6-4-2-1-3-5(6)8(11,12)13/h1,3-4,7H. The van der Waals surface area contributed by atoms with E-state index in [9.17, 15) is 22.0 Å². The molecule has 0 saturated heterocycles. The van der Waals surface area contributed by atoms with Crippen LogP contribution < -0.4 is 4.74 Å². The number of rotatable bonds is 2. The molecular formula is C8H4F5O. The van der Waals surface area contributed by atoms with Crippen LogP contribution in [-0.4, -0.2) is 6.61 Å². The molecule has 0 aromatic heterocycles. The van der Waals surface area contributed by atoms with Crippen LogP contribution in [0.5, 0.6) is 5.75 Å². The summed E-state index contributed by atoms with van der Waals surface area (Å²) in [6, 6.07) is 4.53. The summed E-state index contributed by atoms with van der Waals surface area (Å²) in [5.41, 5.74) is -1.24. The summed E-state index contributed by atoms with van der Waals surface area (Å²) >= 11 is 0. The predicted octanol–water partition coefficient (Wildman–Crippen LogP) is 3.11. The molecule has 0 saturated carbocycles. The van der Waals surface area contributed by atoms with E-state index in [1.807, 2.05) is 0 Å². The van der Waals surface area contributed by atoms with Gasteiger partial charge in [-0.05, 0) is 18.2 Å². The van der Waals surface area contributed by atoms with E-state index in [-0.39, 0.29) is 0 Å². The first-order valence-corrected chi connectivity index (χ1v) is 3.43. The monoisotopic (exact) mass is 211 g/mol. The molecule has 0 bridgehead atoms. The molecule has 0 aliphatic rings. The molecular weight excluding hydrogens is 207 g/mol. The number of hydrogen-bond donors (Lipinski definition) is 0. The maximum atomic E-state index is 12.2. The first-order valence-electron chi connectivity index (χ1n) is 3.43. The van der Waals surface area contributed by atoms with Crippen molar-refractivity contribution in [3.63, 3.8) is 0 Å². The van der Waals surface area contributed by atoms with E-state index in [0.29, 0.717) is 6.07 Å². The van der Waals surface area contributed by atoms with Crippen LogP contribution in [0.4, 0.5) is 22.0 Å². The molecule has 1 aromatic rings. The van der Waals surface area contributed by atoms with Gasteiger partial charge in [0, 0.05) is 0 Å². The first kappa shape index (κ1) is 10.7. The van der Waals surface area contributed by atoms with E-state index in [0.717, 1.165) is 12.1 Å². The molecule has 0 heterocycles. The number of benzene rings is 1. The van der Waals surface area contributed by atoms with Crippen molar-refractivity contribution in [2.24, 2.45) is 0 Å². The number of hydrogen-bond acceptors (Lipinski definition) is 1. The Kier molecular flexibility index (Phi) is 2.93. The van der Waals surface area contributed by atoms with Gasteiger partial charge in [-0.2, -0.15) is 22.0 Å². The molecule has 0 spiro atoms. The molecule has 0 atom stereocenters.